The lowest BCUT2D eigenvalue weighted by Gasteiger charge is -2.36. The molecule has 2 N–H and O–H groups in total. The summed E-state index contributed by atoms with van der Waals surface area (Å²) in [6, 6.07) is 14.3. The van der Waals surface area contributed by atoms with E-state index >= 15 is 0 Å². The number of rotatable bonds is 8. The predicted octanol–water partition coefficient (Wildman–Crippen LogP) is 5.35. The number of anilines is 5. The summed E-state index contributed by atoms with van der Waals surface area (Å²) in [7, 11) is 0. The van der Waals surface area contributed by atoms with Crippen molar-refractivity contribution in [3.8, 4) is 0 Å². The van der Waals surface area contributed by atoms with Gasteiger partial charge in [-0.05, 0) is 80.1 Å². The van der Waals surface area contributed by atoms with E-state index in [0.717, 1.165) is 65.3 Å². The van der Waals surface area contributed by atoms with Crippen LogP contribution < -0.4 is 20.4 Å². The van der Waals surface area contributed by atoms with Crippen LogP contribution in [-0.4, -0.2) is 52.0 Å². The molecule has 1 saturated heterocycles. The molecule has 2 fully saturated rings. The second-order valence-corrected chi connectivity index (χ2v) is 11.8. The van der Waals surface area contributed by atoms with E-state index in [4.69, 9.17) is 9.97 Å². The van der Waals surface area contributed by atoms with Gasteiger partial charge in [0.05, 0.1) is 0 Å². The van der Waals surface area contributed by atoms with Gasteiger partial charge in [-0.1, -0.05) is 0 Å². The molecule has 2 aromatic heterocycles. The molecular weight excluding hydrogens is 535 g/mol. The molecule has 2 aliphatic rings. The zero-order valence-corrected chi connectivity index (χ0v) is 22.9. The molecule has 39 heavy (non-hydrogen) atoms. The van der Waals surface area contributed by atoms with Crippen molar-refractivity contribution in [1.82, 2.24) is 19.9 Å². The fourth-order valence-electron chi connectivity index (χ4n) is 4.22. The third-order valence-corrected chi connectivity index (χ3v) is 8.18. The molecular formula is C27H27FN8OS2. The van der Waals surface area contributed by atoms with Crippen molar-refractivity contribution in [3.05, 3.63) is 65.4 Å². The molecule has 0 radical (unpaired) electrons. The van der Waals surface area contributed by atoms with Gasteiger partial charge in [0.2, 0.25) is 17.8 Å². The van der Waals surface area contributed by atoms with Gasteiger partial charge in [-0.3, -0.25) is 10.1 Å². The lowest BCUT2D eigenvalue weighted by atomic mass is 10.2. The molecule has 0 unspecified atom stereocenters. The van der Waals surface area contributed by atoms with E-state index < -0.39 is 0 Å². The highest BCUT2D eigenvalue weighted by atomic mass is 32.2. The number of piperazine rings is 1. The van der Waals surface area contributed by atoms with Crippen LogP contribution in [0.4, 0.5) is 32.8 Å². The Balaban J connectivity index is 1.19. The summed E-state index contributed by atoms with van der Waals surface area (Å²) in [6.07, 6.45) is 3.75. The first-order valence-electron chi connectivity index (χ1n) is 12.8. The molecule has 1 aliphatic carbocycles. The van der Waals surface area contributed by atoms with E-state index in [0.29, 0.717) is 17.1 Å². The molecule has 0 bridgehead atoms. The standard InChI is InChI=1S/C27H27FN8OS2/c1-17-16-29-26(38-17)32-24-31-25(36-14-12-35(13-15-36)21-8-4-19(28)5-9-21)34-27(33-24)39-22-10-6-20(7-11-22)30-23(37)18-2-3-18/h4-11,16,18H,2-3,12-15H2,1H3,(H,30,37)(H,29,31,32,33,34). The van der Waals surface area contributed by atoms with Gasteiger partial charge in [0.1, 0.15) is 5.82 Å². The highest BCUT2D eigenvalue weighted by Gasteiger charge is 2.29. The Bertz CT molecular complexity index is 1450. The van der Waals surface area contributed by atoms with Gasteiger partial charge in [-0.25, -0.2) is 9.37 Å². The average molecular weight is 563 g/mol. The monoisotopic (exact) mass is 562 g/mol. The number of thiazole rings is 1. The molecule has 1 aliphatic heterocycles. The van der Waals surface area contributed by atoms with Crippen molar-refractivity contribution in [2.45, 2.75) is 29.8 Å². The first-order chi connectivity index (χ1) is 19.0. The number of aromatic nitrogens is 4. The van der Waals surface area contributed by atoms with Gasteiger partial charge in [0, 0.05) is 59.4 Å². The summed E-state index contributed by atoms with van der Waals surface area (Å²) in [5, 5.41) is 7.48. The molecule has 2 aromatic carbocycles. The number of hydrogen-bond acceptors (Lipinski definition) is 10. The summed E-state index contributed by atoms with van der Waals surface area (Å²) in [4.78, 5) is 37.0. The van der Waals surface area contributed by atoms with Crippen molar-refractivity contribution in [3.63, 3.8) is 0 Å². The molecule has 12 heteroatoms. The third-order valence-electron chi connectivity index (χ3n) is 6.48. The normalized spacial score (nSPS) is 15.3. The van der Waals surface area contributed by atoms with Crippen molar-refractivity contribution < 1.29 is 9.18 Å². The molecule has 4 aromatic rings. The van der Waals surface area contributed by atoms with Crippen LogP contribution in [0.15, 0.2) is 64.8 Å². The third kappa shape index (κ3) is 6.45. The van der Waals surface area contributed by atoms with Crippen LogP contribution in [0.5, 0.6) is 0 Å². The average Bonchev–Trinajstić information content (AvgIpc) is 3.72. The van der Waals surface area contributed by atoms with Crippen LogP contribution >= 0.6 is 23.1 Å². The number of nitrogens with zero attached hydrogens (tertiary/aromatic N) is 6. The fraction of sp³-hybridized carbons (Fsp3) is 0.296. The Labute approximate surface area is 233 Å². The minimum absolute atomic E-state index is 0.0881. The van der Waals surface area contributed by atoms with Crippen LogP contribution in [-0.2, 0) is 4.79 Å². The maximum atomic E-state index is 13.4. The second-order valence-electron chi connectivity index (χ2n) is 9.48. The molecule has 6 rings (SSSR count). The van der Waals surface area contributed by atoms with E-state index in [9.17, 15) is 9.18 Å². The Kier molecular flexibility index (Phi) is 7.29. The number of aryl methyl sites for hydroxylation is 1. The summed E-state index contributed by atoms with van der Waals surface area (Å²) in [5.74, 6) is 1.04. The predicted molar refractivity (Wildman–Crippen MR) is 153 cm³/mol. The zero-order valence-electron chi connectivity index (χ0n) is 21.3. The molecule has 1 saturated carbocycles. The van der Waals surface area contributed by atoms with Crippen LogP contribution in [0.1, 0.15) is 17.7 Å². The molecule has 3 heterocycles. The molecule has 9 nitrogen and oxygen atoms in total. The maximum Gasteiger partial charge on any atom is 0.234 e. The highest BCUT2D eigenvalue weighted by molar-refractivity contribution is 7.99. The topological polar surface area (TPSA) is 99.2 Å². The highest BCUT2D eigenvalue weighted by Crippen LogP contribution is 2.32. The maximum absolute atomic E-state index is 13.4. The van der Waals surface area contributed by atoms with Gasteiger partial charge in [-0.15, -0.1) is 11.3 Å². The van der Waals surface area contributed by atoms with E-state index in [1.165, 1.54) is 35.2 Å². The van der Waals surface area contributed by atoms with Crippen LogP contribution in [0, 0.1) is 18.7 Å². The number of carbonyl (C=O) groups excluding carboxylic acids is 1. The van der Waals surface area contributed by atoms with Gasteiger partial charge in [0.25, 0.3) is 0 Å². The first-order valence-corrected chi connectivity index (χ1v) is 14.4. The van der Waals surface area contributed by atoms with Crippen molar-refractivity contribution in [2.24, 2.45) is 5.92 Å². The Hall–Kier alpha value is -3.77. The first kappa shape index (κ1) is 25.5. The van der Waals surface area contributed by atoms with Crippen LogP contribution in [0.3, 0.4) is 0 Å². The smallest absolute Gasteiger partial charge is 0.234 e. The number of halogens is 1. The number of amides is 1. The Morgan fingerprint density at radius 2 is 1.69 bits per heavy atom. The molecule has 200 valence electrons. The minimum atomic E-state index is -0.235. The van der Waals surface area contributed by atoms with Crippen molar-refractivity contribution >= 4 is 57.4 Å². The van der Waals surface area contributed by atoms with E-state index in [1.54, 1.807) is 0 Å². The lowest BCUT2D eigenvalue weighted by molar-refractivity contribution is -0.117. The van der Waals surface area contributed by atoms with Gasteiger partial charge < -0.3 is 15.1 Å². The summed E-state index contributed by atoms with van der Waals surface area (Å²) in [5.41, 5.74) is 1.79. The zero-order chi connectivity index (χ0) is 26.8. The van der Waals surface area contributed by atoms with Gasteiger partial charge >= 0.3 is 0 Å². The lowest BCUT2D eigenvalue weighted by Crippen LogP contribution is -2.47. The Morgan fingerprint density at radius 3 is 2.36 bits per heavy atom. The second kappa shape index (κ2) is 11.1. The van der Waals surface area contributed by atoms with Crippen molar-refractivity contribution in [1.29, 1.82) is 0 Å². The Morgan fingerprint density at radius 1 is 0.974 bits per heavy atom. The number of carbonyl (C=O) groups is 1. The molecule has 1 amide bonds. The van der Waals surface area contributed by atoms with E-state index in [2.05, 4.69) is 30.4 Å². The van der Waals surface area contributed by atoms with Gasteiger partial charge in [-0.2, -0.15) is 15.0 Å². The summed E-state index contributed by atoms with van der Waals surface area (Å²) < 4.78 is 13.4. The SMILES string of the molecule is Cc1cnc(Nc2nc(Sc3ccc(NC(=O)C4CC4)cc3)nc(N3CCN(c4ccc(F)cc4)CC3)n2)s1. The largest absolute Gasteiger partial charge is 0.368 e. The van der Waals surface area contributed by atoms with Crippen LogP contribution in [0.2, 0.25) is 0 Å². The van der Waals surface area contributed by atoms with Gasteiger partial charge in [0.15, 0.2) is 10.3 Å². The molecule has 0 atom stereocenters. The number of nitrogens with one attached hydrogen (secondary N) is 2. The van der Waals surface area contributed by atoms with Crippen LogP contribution in [0.25, 0.3) is 0 Å². The van der Waals surface area contributed by atoms with E-state index in [-0.39, 0.29) is 17.6 Å². The quantitative estimate of drug-likeness (QED) is 0.295. The van der Waals surface area contributed by atoms with Crippen molar-refractivity contribution in [2.75, 3.05) is 46.6 Å². The van der Waals surface area contributed by atoms with E-state index in [1.807, 2.05) is 49.5 Å². The minimum Gasteiger partial charge on any atom is -0.368 e. The summed E-state index contributed by atoms with van der Waals surface area (Å²) >= 11 is 2.97. The summed E-state index contributed by atoms with van der Waals surface area (Å²) in [6.45, 7) is 4.97. The molecule has 0 spiro atoms. The fourth-order valence-corrected chi connectivity index (χ4v) is 5.62. The number of hydrogen-bond donors (Lipinski definition) is 2. The number of benzene rings is 2.